The van der Waals surface area contributed by atoms with Gasteiger partial charge in [-0.05, 0) is 26.7 Å². The van der Waals surface area contributed by atoms with Crippen molar-refractivity contribution in [3.8, 4) is 0 Å². The summed E-state index contributed by atoms with van der Waals surface area (Å²) in [5.41, 5.74) is 0. The SMILES string of the molecule is CCNC(=NCCc1ncc(CC)s1)N1CCC(COCC)C1. The lowest BCUT2D eigenvalue weighted by Gasteiger charge is -2.21. The first-order valence-corrected chi connectivity index (χ1v) is 9.63. The number of hydrogen-bond acceptors (Lipinski definition) is 4. The summed E-state index contributed by atoms with van der Waals surface area (Å²) >= 11 is 1.81. The Balaban J connectivity index is 1.84. The summed E-state index contributed by atoms with van der Waals surface area (Å²) in [5.74, 6) is 1.67. The van der Waals surface area contributed by atoms with Gasteiger partial charge in [-0.2, -0.15) is 0 Å². The smallest absolute Gasteiger partial charge is 0.193 e. The van der Waals surface area contributed by atoms with Gasteiger partial charge in [-0.15, -0.1) is 11.3 Å². The maximum absolute atomic E-state index is 5.56. The fourth-order valence-electron chi connectivity index (χ4n) is 2.76. The van der Waals surface area contributed by atoms with E-state index in [1.54, 1.807) is 0 Å². The third-order valence-corrected chi connectivity index (χ3v) is 5.22. The van der Waals surface area contributed by atoms with Crippen LogP contribution in [0.5, 0.6) is 0 Å². The molecule has 2 heterocycles. The molecule has 5 nitrogen and oxygen atoms in total. The molecule has 0 spiro atoms. The maximum Gasteiger partial charge on any atom is 0.193 e. The van der Waals surface area contributed by atoms with Crippen LogP contribution in [0.4, 0.5) is 0 Å². The summed E-state index contributed by atoms with van der Waals surface area (Å²) in [5, 5.41) is 4.61. The molecule has 6 heteroatoms. The number of ether oxygens (including phenoxy) is 1. The Kier molecular flexibility index (Phi) is 7.82. The lowest BCUT2D eigenvalue weighted by molar-refractivity contribution is 0.114. The van der Waals surface area contributed by atoms with E-state index < -0.39 is 0 Å². The molecule has 1 aliphatic heterocycles. The van der Waals surface area contributed by atoms with Gasteiger partial charge in [0.15, 0.2) is 5.96 Å². The minimum absolute atomic E-state index is 0.630. The molecule has 2 rings (SSSR count). The van der Waals surface area contributed by atoms with Crippen LogP contribution in [-0.2, 0) is 17.6 Å². The van der Waals surface area contributed by atoms with E-state index in [1.807, 2.05) is 17.5 Å². The molecule has 0 aliphatic carbocycles. The summed E-state index contributed by atoms with van der Waals surface area (Å²) in [6.07, 6.45) is 5.18. The number of thiazole rings is 1. The average molecular weight is 339 g/mol. The van der Waals surface area contributed by atoms with Gasteiger partial charge in [0, 0.05) is 56.2 Å². The van der Waals surface area contributed by atoms with E-state index in [1.165, 1.54) is 16.3 Å². The van der Waals surface area contributed by atoms with Crippen molar-refractivity contribution in [1.29, 1.82) is 0 Å². The van der Waals surface area contributed by atoms with Gasteiger partial charge in [0.05, 0.1) is 11.6 Å². The molecule has 1 saturated heterocycles. The van der Waals surface area contributed by atoms with E-state index in [9.17, 15) is 0 Å². The molecule has 1 aromatic heterocycles. The molecular formula is C17H30N4OS. The summed E-state index contributed by atoms with van der Waals surface area (Å²) in [7, 11) is 0. The van der Waals surface area contributed by atoms with E-state index in [0.29, 0.717) is 5.92 Å². The van der Waals surface area contributed by atoms with Crippen LogP contribution < -0.4 is 5.32 Å². The number of rotatable bonds is 8. The number of guanidine groups is 1. The zero-order chi connectivity index (χ0) is 16.5. The molecule has 1 aromatic rings. The highest BCUT2D eigenvalue weighted by Gasteiger charge is 2.24. The quantitative estimate of drug-likeness (QED) is 0.585. The Labute approximate surface area is 144 Å². The zero-order valence-corrected chi connectivity index (χ0v) is 15.5. The number of hydrogen-bond donors (Lipinski definition) is 1. The Bertz CT molecular complexity index is 489. The maximum atomic E-state index is 5.56. The second-order valence-corrected chi connectivity index (χ2v) is 7.02. The normalized spacial score (nSPS) is 18.7. The summed E-state index contributed by atoms with van der Waals surface area (Å²) in [6.45, 7) is 11.8. The molecule has 0 aromatic carbocycles. The summed E-state index contributed by atoms with van der Waals surface area (Å²) in [6, 6.07) is 0. The van der Waals surface area contributed by atoms with Crippen molar-refractivity contribution in [2.45, 2.75) is 40.0 Å². The highest BCUT2D eigenvalue weighted by molar-refractivity contribution is 7.11. The van der Waals surface area contributed by atoms with Gasteiger partial charge < -0.3 is 15.0 Å². The largest absolute Gasteiger partial charge is 0.381 e. The molecule has 1 aliphatic rings. The average Bonchev–Trinajstić information content (AvgIpc) is 3.21. The predicted octanol–water partition coefficient (Wildman–Crippen LogP) is 2.57. The van der Waals surface area contributed by atoms with Gasteiger partial charge in [0.25, 0.3) is 0 Å². The van der Waals surface area contributed by atoms with Crippen LogP contribution in [0.25, 0.3) is 0 Å². The Hall–Kier alpha value is -1.14. The van der Waals surface area contributed by atoms with Crippen LogP contribution >= 0.6 is 11.3 Å². The van der Waals surface area contributed by atoms with Crippen LogP contribution in [0, 0.1) is 5.92 Å². The Morgan fingerprint density at radius 1 is 1.48 bits per heavy atom. The van der Waals surface area contributed by atoms with Gasteiger partial charge in [-0.3, -0.25) is 4.99 Å². The minimum Gasteiger partial charge on any atom is -0.381 e. The molecule has 0 radical (unpaired) electrons. The lowest BCUT2D eigenvalue weighted by atomic mass is 10.1. The van der Waals surface area contributed by atoms with Gasteiger partial charge >= 0.3 is 0 Å². The third kappa shape index (κ3) is 5.77. The topological polar surface area (TPSA) is 49.8 Å². The molecule has 130 valence electrons. The van der Waals surface area contributed by atoms with Crippen molar-refractivity contribution in [3.63, 3.8) is 0 Å². The van der Waals surface area contributed by atoms with Gasteiger partial charge in [0.1, 0.15) is 0 Å². The molecule has 0 saturated carbocycles. The van der Waals surface area contributed by atoms with Crippen LogP contribution in [-0.4, -0.2) is 55.2 Å². The molecule has 1 fully saturated rings. The molecule has 23 heavy (non-hydrogen) atoms. The van der Waals surface area contributed by atoms with Gasteiger partial charge in [-0.1, -0.05) is 6.92 Å². The van der Waals surface area contributed by atoms with E-state index in [2.05, 4.69) is 36.0 Å². The number of aromatic nitrogens is 1. The van der Waals surface area contributed by atoms with Crippen molar-refractivity contribution in [2.75, 3.05) is 39.4 Å². The van der Waals surface area contributed by atoms with Crippen molar-refractivity contribution >= 4 is 17.3 Å². The van der Waals surface area contributed by atoms with Crippen molar-refractivity contribution in [2.24, 2.45) is 10.9 Å². The number of aryl methyl sites for hydroxylation is 1. The molecular weight excluding hydrogens is 308 g/mol. The summed E-state index contributed by atoms with van der Waals surface area (Å²) < 4.78 is 5.56. The van der Waals surface area contributed by atoms with Crippen molar-refractivity contribution < 1.29 is 4.74 Å². The Morgan fingerprint density at radius 3 is 3.04 bits per heavy atom. The van der Waals surface area contributed by atoms with Crippen molar-refractivity contribution in [3.05, 3.63) is 16.1 Å². The van der Waals surface area contributed by atoms with Gasteiger partial charge in [0.2, 0.25) is 0 Å². The van der Waals surface area contributed by atoms with E-state index in [4.69, 9.17) is 9.73 Å². The standard InChI is InChI=1S/C17H30N4OS/c1-4-15-11-20-16(23-15)7-9-19-17(18-5-2)21-10-8-14(12-21)13-22-6-3/h11,14H,4-10,12-13H2,1-3H3,(H,18,19). The number of aliphatic imine (C=N–C) groups is 1. The second kappa shape index (κ2) is 9.88. The third-order valence-electron chi connectivity index (χ3n) is 4.02. The highest BCUT2D eigenvalue weighted by Crippen LogP contribution is 2.17. The van der Waals surface area contributed by atoms with E-state index in [0.717, 1.165) is 58.2 Å². The fourth-order valence-corrected chi connectivity index (χ4v) is 3.61. The first-order valence-electron chi connectivity index (χ1n) is 8.81. The Morgan fingerprint density at radius 2 is 2.35 bits per heavy atom. The predicted molar refractivity (Wildman–Crippen MR) is 97.3 cm³/mol. The zero-order valence-electron chi connectivity index (χ0n) is 14.7. The van der Waals surface area contributed by atoms with Crippen LogP contribution in [0.3, 0.4) is 0 Å². The number of likely N-dealkylation sites (tertiary alicyclic amines) is 1. The van der Waals surface area contributed by atoms with Crippen LogP contribution in [0.15, 0.2) is 11.2 Å². The second-order valence-electron chi connectivity index (χ2n) is 5.82. The highest BCUT2D eigenvalue weighted by atomic mass is 32.1. The lowest BCUT2D eigenvalue weighted by Crippen LogP contribution is -2.40. The monoisotopic (exact) mass is 338 g/mol. The molecule has 1 atom stereocenters. The molecule has 1 unspecified atom stereocenters. The first-order chi connectivity index (χ1) is 11.3. The minimum atomic E-state index is 0.630. The fraction of sp³-hybridized carbons (Fsp3) is 0.765. The van der Waals surface area contributed by atoms with Gasteiger partial charge in [-0.25, -0.2) is 4.98 Å². The van der Waals surface area contributed by atoms with Crippen LogP contribution in [0.1, 0.15) is 37.1 Å². The summed E-state index contributed by atoms with van der Waals surface area (Å²) in [4.78, 5) is 13.0. The molecule has 1 N–H and O–H groups in total. The molecule has 0 bridgehead atoms. The van der Waals surface area contributed by atoms with E-state index >= 15 is 0 Å². The molecule has 0 amide bonds. The van der Waals surface area contributed by atoms with E-state index in [-0.39, 0.29) is 0 Å². The van der Waals surface area contributed by atoms with Crippen LogP contribution in [0.2, 0.25) is 0 Å². The number of nitrogens with one attached hydrogen (secondary N) is 1. The van der Waals surface area contributed by atoms with Crippen molar-refractivity contribution in [1.82, 2.24) is 15.2 Å². The number of nitrogens with zero attached hydrogens (tertiary/aromatic N) is 3. The first kappa shape index (κ1) is 18.2.